The second kappa shape index (κ2) is 10.7. The molecule has 0 unspecified atom stereocenters. The summed E-state index contributed by atoms with van der Waals surface area (Å²) in [5.41, 5.74) is 3.40. The molecule has 1 aliphatic carbocycles. The minimum Gasteiger partial charge on any atom is -0.380 e. The molecule has 4 aromatic heterocycles. The number of likely N-dealkylation sites (tertiary alicyclic amines) is 1. The zero-order chi connectivity index (χ0) is 30.6. The van der Waals surface area contributed by atoms with Gasteiger partial charge < -0.3 is 20.2 Å². The van der Waals surface area contributed by atoms with Crippen LogP contribution in [0.4, 0.5) is 21.3 Å². The summed E-state index contributed by atoms with van der Waals surface area (Å²) in [6.45, 7) is 3.07. The van der Waals surface area contributed by atoms with Gasteiger partial charge in [-0.1, -0.05) is 18.3 Å². The molecule has 11 nitrogen and oxygen atoms in total. The van der Waals surface area contributed by atoms with Crippen molar-refractivity contribution in [3.63, 3.8) is 0 Å². The van der Waals surface area contributed by atoms with Crippen LogP contribution in [0.3, 0.4) is 0 Å². The Morgan fingerprint density at radius 1 is 1.14 bits per heavy atom. The van der Waals surface area contributed by atoms with Crippen LogP contribution >= 0.6 is 11.3 Å². The van der Waals surface area contributed by atoms with Crippen molar-refractivity contribution in [3.8, 4) is 28.5 Å². The van der Waals surface area contributed by atoms with E-state index in [-0.39, 0.29) is 17.8 Å². The first-order valence-corrected chi connectivity index (χ1v) is 15.1. The maximum atomic E-state index is 13.5. The third-order valence-corrected chi connectivity index (χ3v) is 9.08. The highest BCUT2D eigenvalue weighted by atomic mass is 32.1. The van der Waals surface area contributed by atoms with Crippen molar-refractivity contribution >= 4 is 39.8 Å². The number of rotatable bonds is 8. The van der Waals surface area contributed by atoms with Crippen LogP contribution in [0.15, 0.2) is 55.0 Å². The number of amides is 1. The van der Waals surface area contributed by atoms with Gasteiger partial charge in [0.1, 0.15) is 39.5 Å². The maximum Gasteiger partial charge on any atom is 0.254 e. The highest BCUT2D eigenvalue weighted by Crippen LogP contribution is 2.39. The van der Waals surface area contributed by atoms with Crippen LogP contribution in [0.1, 0.15) is 30.3 Å². The largest absolute Gasteiger partial charge is 0.380 e. The molecule has 1 saturated carbocycles. The summed E-state index contributed by atoms with van der Waals surface area (Å²) in [6, 6.07) is 12.1. The molecule has 0 atom stereocenters. The predicted octanol–water partition coefficient (Wildman–Crippen LogP) is 4.40. The Morgan fingerprint density at radius 3 is 2.50 bits per heavy atom. The molecule has 2 N–H and O–H groups in total. The number of halogens is 1. The lowest BCUT2D eigenvalue weighted by Crippen LogP contribution is -2.60. The molecule has 0 radical (unpaired) electrons. The van der Waals surface area contributed by atoms with Crippen LogP contribution in [-0.4, -0.2) is 72.0 Å². The van der Waals surface area contributed by atoms with Crippen LogP contribution < -0.4 is 10.2 Å². The van der Waals surface area contributed by atoms with Crippen molar-refractivity contribution in [3.05, 3.63) is 71.4 Å². The van der Waals surface area contributed by atoms with Crippen molar-refractivity contribution < 1.29 is 14.3 Å². The summed E-state index contributed by atoms with van der Waals surface area (Å²) in [5, 5.41) is 23.7. The molecule has 13 heteroatoms. The van der Waals surface area contributed by atoms with Crippen LogP contribution in [0.25, 0.3) is 28.0 Å². The third kappa shape index (κ3) is 4.91. The first-order valence-electron chi connectivity index (χ1n) is 14.3. The van der Waals surface area contributed by atoms with E-state index < -0.39 is 5.60 Å². The van der Waals surface area contributed by atoms with E-state index >= 15 is 0 Å². The van der Waals surface area contributed by atoms with Crippen LogP contribution in [-0.2, 0) is 11.2 Å². The number of hydrogen-bond acceptors (Lipinski definition) is 10. The number of nitrogens with one attached hydrogen (secondary N) is 1. The molecule has 7 rings (SSSR count). The summed E-state index contributed by atoms with van der Waals surface area (Å²) >= 11 is 1.27. The van der Waals surface area contributed by atoms with Crippen molar-refractivity contribution in [1.29, 1.82) is 5.26 Å². The van der Waals surface area contributed by atoms with Gasteiger partial charge in [-0.3, -0.25) is 9.20 Å². The first-order chi connectivity index (χ1) is 21.3. The second-order valence-corrected chi connectivity index (χ2v) is 12.1. The Kier molecular flexibility index (Phi) is 6.75. The van der Waals surface area contributed by atoms with Crippen molar-refractivity contribution in [2.24, 2.45) is 0 Å². The van der Waals surface area contributed by atoms with Gasteiger partial charge in [0.15, 0.2) is 5.13 Å². The normalized spacial score (nSPS) is 15.6. The minimum absolute atomic E-state index is 0.0380. The smallest absolute Gasteiger partial charge is 0.254 e. The molecule has 2 aliphatic rings. The second-order valence-electron chi connectivity index (χ2n) is 11.1. The van der Waals surface area contributed by atoms with E-state index in [9.17, 15) is 19.6 Å². The number of carbonyl (C=O) groups is 1. The lowest BCUT2D eigenvalue weighted by molar-refractivity contribution is -0.146. The Labute approximate surface area is 256 Å². The number of hydrogen-bond donors (Lipinski definition) is 2. The van der Waals surface area contributed by atoms with E-state index in [0.29, 0.717) is 59.6 Å². The number of anilines is 3. The Bertz CT molecular complexity index is 1920. The molecular weight excluding hydrogens is 581 g/mol. The van der Waals surface area contributed by atoms with Gasteiger partial charge in [0.2, 0.25) is 5.95 Å². The third-order valence-electron chi connectivity index (χ3n) is 8.05. The highest BCUT2D eigenvalue weighted by molar-refractivity contribution is 7.16. The van der Waals surface area contributed by atoms with Crippen LogP contribution in [0.2, 0.25) is 0 Å². The molecule has 5 aromatic rings. The van der Waals surface area contributed by atoms with Crippen molar-refractivity contribution in [2.45, 2.75) is 37.8 Å². The summed E-state index contributed by atoms with van der Waals surface area (Å²) in [6.07, 6.45) is 7.25. The Balaban J connectivity index is 1.13. The highest BCUT2D eigenvalue weighted by Gasteiger charge is 2.52. The van der Waals surface area contributed by atoms with Gasteiger partial charge in [-0.15, -0.1) is 0 Å². The quantitative estimate of drug-likeness (QED) is 0.262. The number of benzene rings is 1. The zero-order valence-corrected chi connectivity index (χ0v) is 24.8. The number of imidazole rings is 1. The maximum absolute atomic E-state index is 13.5. The monoisotopic (exact) mass is 609 g/mol. The first kappa shape index (κ1) is 27.9. The number of fused-ring (bicyclic) bond motifs is 1. The van der Waals surface area contributed by atoms with Gasteiger partial charge in [-0.05, 0) is 55.7 Å². The number of aromatic nitrogens is 5. The lowest BCUT2D eigenvalue weighted by atomic mass is 10.1. The lowest BCUT2D eigenvalue weighted by Gasteiger charge is -2.40. The van der Waals surface area contributed by atoms with Gasteiger partial charge in [0, 0.05) is 55.4 Å². The molecule has 2 fully saturated rings. The van der Waals surface area contributed by atoms with E-state index in [1.54, 1.807) is 29.4 Å². The molecule has 0 spiro atoms. The topological polar surface area (TPSA) is 136 Å². The average molecular weight is 610 g/mol. The van der Waals surface area contributed by atoms with E-state index in [1.165, 1.54) is 23.5 Å². The van der Waals surface area contributed by atoms with E-state index in [4.69, 9.17) is 9.97 Å². The molecule has 5 heterocycles. The van der Waals surface area contributed by atoms with E-state index in [0.717, 1.165) is 28.3 Å². The number of aryl methyl sites for hydroxylation is 1. The van der Waals surface area contributed by atoms with Gasteiger partial charge in [0.25, 0.3) is 5.91 Å². The fourth-order valence-electron chi connectivity index (χ4n) is 5.36. The van der Waals surface area contributed by atoms with Gasteiger partial charge in [-0.25, -0.2) is 24.3 Å². The van der Waals surface area contributed by atoms with Crippen LogP contribution in [0, 0.1) is 17.1 Å². The van der Waals surface area contributed by atoms with Crippen molar-refractivity contribution in [1.82, 2.24) is 29.2 Å². The summed E-state index contributed by atoms with van der Waals surface area (Å²) in [5.74, 6) is 0.763. The summed E-state index contributed by atoms with van der Waals surface area (Å²) in [4.78, 5) is 34.9. The molecular formula is C31H28FN9O2S. The Morgan fingerprint density at radius 2 is 1.84 bits per heavy atom. The fourth-order valence-corrected chi connectivity index (χ4v) is 6.21. The number of carbonyl (C=O) groups excluding carboxylic acids is 1. The summed E-state index contributed by atoms with van der Waals surface area (Å²) in [7, 11) is 1.90. The molecule has 1 amide bonds. The molecule has 1 aliphatic heterocycles. The molecule has 44 heavy (non-hydrogen) atoms. The predicted molar refractivity (Wildman–Crippen MR) is 164 cm³/mol. The SMILES string of the molecule is CCc1nc2ccc(-c3cnc(NC4CN(C(=O)C5(O)CC5)C4)nc3)cn2c1N(C)c1nc(-c2ccc(F)cc2)c(C#N)s1. The zero-order valence-electron chi connectivity index (χ0n) is 24.0. The van der Waals surface area contributed by atoms with E-state index in [1.807, 2.05) is 41.6 Å². The number of thiazole rings is 1. The number of nitrogens with zero attached hydrogens (tertiary/aromatic N) is 8. The Hall–Kier alpha value is -4.93. The standard InChI is InChI=1S/C31H28FN9O2S/c1-3-23-27(39(2)30-38-26(24(12-33)44-30)18-4-7-21(32)8-5-18)41-15-19(6-9-25(41)37-23)20-13-34-29(35-14-20)36-22-16-40(17-22)28(42)31(43)10-11-31/h4-9,13-15,22,43H,3,10-11,16-17H2,1-2H3,(H,34,35,36). The molecule has 1 aromatic carbocycles. The number of pyridine rings is 1. The molecule has 0 bridgehead atoms. The molecule has 222 valence electrons. The van der Waals surface area contributed by atoms with Crippen molar-refractivity contribution in [2.75, 3.05) is 30.4 Å². The van der Waals surface area contributed by atoms with E-state index in [2.05, 4.69) is 21.4 Å². The van der Waals surface area contributed by atoms with Gasteiger partial charge in [-0.2, -0.15) is 5.26 Å². The number of nitriles is 1. The number of aliphatic hydroxyl groups is 1. The fraction of sp³-hybridized carbons (Fsp3) is 0.290. The van der Waals surface area contributed by atoms with Gasteiger partial charge >= 0.3 is 0 Å². The minimum atomic E-state index is -1.14. The summed E-state index contributed by atoms with van der Waals surface area (Å²) < 4.78 is 15.5. The van der Waals surface area contributed by atoms with Gasteiger partial charge in [0.05, 0.1) is 11.7 Å². The average Bonchev–Trinajstić information content (AvgIpc) is 3.46. The van der Waals surface area contributed by atoms with Crippen LogP contribution in [0.5, 0.6) is 0 Å². The molecule has 1 saturated heterocycles.